The van der Waals surface area contributed by atoms with Crippen molar-refractivity contribution in [1.29, 1.82) is 0 Å². The molecule has 0 amide bonds. The number of nitrogens with zero attached hydrogens (tertiary/aromatic N) is 2. The summed E-state index contributed by atoms with van der Waals surface area (Å²) in [5, 5.41) is 8.90. The van der Waals surface area contributed by atoms with E-state index in [4.69, 9.17) is 5.11 Å². The third-order valence-corrected chi connectivity index (χ3v) is 5.97. The summed E-state index contributed by atoms with van der Waals surface area (Å²) >= 11 is 3.31. The Morgan fingerprint density at radius 1 is 1.00 bits per heavy atom. The minimum Gasteiger partial charge on any atom is -0.395 e. The van der Waals surface area contributed by atoms with E-state index in [1.165, 1.54) is 0 Å². The molecule has 1 saturated heterocycles. The number of halogens is 1. The van der Waals surface area contributed by atoms with Crippen molar-refractivity contribution in [2.24, 2.45) is 0 Å². The fraction of sp³-hybridized carbons (Fsp3) is 0.571. The lowest BCUT2D eigenvalue weighted by Crippen LogP contribution is -2.48. The van der Waals surface area contributed by atoms with E-state index < -0.39 is 9.84 Å². The van der Waals surface area contributed by atoms with Gasteiger partial charge in [0, 0.05) is 43.7 Å². The molecule has 0 aromatic heterocycles. The summed E-state index contributed by atoms with van der Waals surface area (Å²) in [4.78, 5) is 4.74. The maximum absolute atomic E-state index is 12.3. The van der Waals surface area contributed by atoms with Crippen LogP contribution in [0, 0.1) is 0 Å². The lowest BCUT2D eigenvalue weighted by Gasteiger charge is -2.34. The van der Waals surface area contributed by atoms with Crippen LogP contribution in [0.1, 0.15) is 0 Å². The predicted octanol–water partition coefficient (Wildman–Crippen LogP) is 0.833. The van der Waals surface area contributed by atoms with Gasteiger partial charge in [0.15, 0.2) is 9.84 Å². The normalized spacial score (nSPS) is 18.0. The van der Waals surface area contributed by atoms with Crippen LogP contribution in [0.5, 0.6) is 0 Å². The predicted molar refractivity (Wildman–Crippen MR) is 86.2 cm³/mol. The van der Waals surface area contributed by atoms with Crippen molar-refractivity contribution in [3.63, 3.8) is 0 Å². The first kappa shape index (κ1) is 16.9. The van der Waals surface area contributed by atoms with E-state index in [-0.39, 0.29) is 12.4 Å². The minimum atomic E-state index is -3.22. The molecule has 1 N–H and O–H groups in total. The van der Waals surface area contributed by atoms with Gasteiger partial charge >= 0.3 is 0 Å². The van der Waals surface area contributed by atoms with E-state index in [2.05, 4.69) is 25.7 Å². The maximum Gasteiger partial charge on any atom is 0.179 e. The smallest absolute Gasteiger partial charge is 0.179 e. The van der Waals surface area contributed by atoms with Crippen molar-refractivity contribution in [2.45, 2.75) is 4.90 Å². The van der Waals surface area contributed by atoms with Crippen molar-refractivity contribution in [3.8, 4) is 0 Å². The van der Waals surface area contributed by atoms with Crippen LogP contribution in [-0.4, -0.2) is 75.0 Å². The van der Waals surface area contributed by atoms with Crippen molar-refractivity contribution in [1.82, 2.24) is 9.80 Å². The van der Waals surface area contributed by atoms with Gasteiger partial charge in [0.1, 0.15) is 0 Å². The summed E-state index contributed by atoms with van der Waals surface area (Å²) in [6.45, 7) is 4.93. The highest BCUT2D eigenvalue weighted by Crippen LogP contribution is 2.16. The molecule has 0 unspecified atom stereocenters. The van der Waals surface area contributed by atoms with Gasteiger partial charge in [-0.1, -0.05) is 15.9 Å². The summed E-state index contributed by atoms with van der Waals surface area (Å²) < 4.78 is 25.4. The molecule has 0 spiro atoms. The number of sulfone groups is 1. The highest BCUT2D eigenvalue weighted by Gasteiger charge is 2.20. The van der Waals surface area contributed by atoms with Crippen molar-refractivity contribution < 1.29 is 13.5 Å². The van der Waals surface area contributed by atoms with Gasteiger partial charge < -0.3 is 5.11 Å². The maximum atomic E-state index is 12.3. The van der Waals surface area contributed by atoms with Crippen LogP contribution < -0.4 is 0 Å². The Labute approximate surface area is 134 Å². The molecule has 21 heavy (non-hydrogen) atoms. The van der Waals surface area contributed by atoms with E-state index in [0.29, 0.717) is 18.0 Å². The minimum absolute atomic E-state index is 0.147. The number of aliphatic hydroxyl groups is 1. The second-order valence-electron chi connectivity index (χ2n) is 5.18. The highest BCUT2D eigenvalue weighted by atomic mass is 79.9. The van der Waals surface area contributed by atoms with Crippen LogP contribution >= 0.6 is 15.9 Å². The van der Waals surface area contributed by atoms with Gasteiger partial charge in [-0.2, -0.15) is 0 Å². The molecule has 0 atom stereocenters. The molecule has 2 rings (SSSR count). The van der Waals surface area contributed by atoms with Gasteiger partial charge in [-0.05, 0) is 24.3 Å². The van der Waals surface area contributed by atoms with Crippen LogP contribution in [0.15, 0.2) is 33.6 Å². The summed E-state index contributed by atoms with van der Waals surface area (Å²) in [6, 6.07) is 6.78. The number of hydrogen-bond acceptors (Lipinski definition) is 5. The Kier molecular flexibility index (Phi) is 6.19. The second kappa shape index (κ2) is 7.69. The fourth-order valence-electron chi connectivity index (χ4n) is 2.39. The zero-order valence-electron chi connectivity index (χ0n) is 11.9. The summed E-state index contributed by atoms with van der Waals surface area (Å²) in [5.74, 6) is 0.147. The van der Waals surface area contributed by atoms with E-state index in [9.17, 15) is 8.42 Å². The van der Waals surface area contributed by atoms with Crippen molar-refractivity contribution in [2.75, 3.05) is 51.6 Å². The van der Waals surface area contributed by atoms with E-state index in [0.717, 1.165) is 30.7 Å². The van der Waals surface area contributed by atoms with Gasteiger partial charge in [0.05, 0.1) is 17.3 Å². The first-order valence-electron chi connectivity index (χ1n) is 7.05. The second-order valence-corrected chi connectivity index (χ2v) is 8.20. The van der Waals surface area contributed by atoms with Crippen molar-refractivity contribution in [3.05, 3.63) is 28.7 Å². The molecule has 0 aliphatic carbocycles. The average Bonchev–Trinajstić information content (AvgIpc) is 2.47. The molecule has 0 saturated carbocycles. The topological polar surface area (TPSA) is 60.9 Å². The molecule has 7 heteroatoms. The molecule has 1 aromatic rings. The highest BCUT2D eigenvalue weighted by molar-refractivity contribution is 9.10. The molecule has 1 heterocycles. The molecular weight excluding hydrogens is 356 g/mol. The Bertz CT molecular complexity index is 540. The number of benzene rings is 1. The molecule has 0 bridgehead atoms. The number of piperazine rings is 1. The SMILES string of the molecule is O=S(=O)(CCN1CCN(CCO)CC1)c1ccc(Br)cc1. The molecule has 1 aliphatic rings. The molecule has 5 nitrogen and oxygen atoms in total. The van der Waals surface area contributed by atoms with Gasteiger partial charge in [-0.3, -0.25) is 9.80 Å². The van der Waals surface area contributed by atoms with Gasteiger partial charge in [0.25, 0.3) is 0 Å². The standard InChI is InChI=1S/C14H21BrN2O3S/c15-13-1-3-14(4-2-13)21(19,20)12-10-17-7-5-16(6-8-17)9-11-18/h1-4,18H,5-12H2. The zero-order valence-corrected chi connectivity index (χ0v) is 14.3. The van der Waals surface area contributed by atoms with Crippen LogP contribution in [0.25, 0.3) is 0 Å². The van der Waals surface area contributed by atoms with E-state index in [1.54, 1.807) is 24.3 Å². The number of hydrogen-bond donors (Lipinski definition) is 1. The summed E-state index contributed by atoms with van der Waals surface area (Å²) in [6.07, 6.45) is 0. The molecule has 118 valence electrons. The van der Waals surface area contributed by atoms with Crippen LogP contribution in [0.4, 0.5) is 0 Å². The van der Waals surface area contributed by atoms with Crippen LogP contribution in [-0.2, 0) is 9.84 Å². The van der Waals surface area contributed by atoms with E-state index >= 15 is 0 Å². The number of β-amino-alcohol motifs (C(OH)–C–C–N with tert-alkyl or cyclic N) is 1. The van der Waals surface area contributed by atoms with Gasteiger partial charge in [-0.25, -0.2) is 8.42 Å². The zero-order chi connectivity index (χ0) is 15.3. The Morgan fingerprint density at radius 3 is 2.05 bits per heavy atom. The van der Waals surface area contributed by atoms with E-state index in [1.807, 2.05) is 0 Å². The lowest BCUT2D eigenvalue weighted by atomic mass is 10.3. The van der Waals surface area contributed by atoms with Gasteiger partial charge in [0.2, 0.25) is 0 Å². The largest absolute Gasteiger partial charge is 0.395 e. The average molecular weight is 377 g/mol. The molecule has 1 aromatic carbocycles. The number of aliphatic hydroxyl groups excluding tert-OH is 1. The van der Waals surface area contributed by atoms with Crippen molar-refractivity contribution >= 4 is 25.8 Å². The Morgan fingerprint density at radius 2 is 1.52 bits per heavy atom. The van der Waals surface area contributed by atoms with Crippen LogP contribution in [0.2, 0.25) is 0 Å². The molecule has 0 radical (unpaired) electrons. The fourth-order valence-corrected chi connectivity index (χ4v) is 3.94. The molecule has 1 aliphatic heterocycles. The quantitative estimate of drug-likeness (QED) is 0.796. The summed E-state index contributed by atoms with van der Waals surface area (Å²) in [7, 11) is -3.22. The molecule has 1 fully saturated rings. The third-order valence-electron chi connectivity index (χ3n) is 3.73. The third kappa shape index (κ3) is 5.03. The monoisotopic (exact) mass is 376 g/mol. The Hall–Kier alpha value is -0.470. The Balaban J connectivity index is 1.84. The van der Waals surface area contributed by atoms with Crippen LogP contribution in [0.3, 0.4) is 0 Å². The number of rotatable bonds is 6. The summed E-state index contributed by atoms with van der Waals surface area (Å²) in [5.41, 5.74) is 0. The first-order valence-corrected chi connectivity index (χ1v) is 9.50. The van der Waals surface area contributed by atoms with Gasteiger partial charge in [-0.15, -0.1) is 0 Å². The lowest BCUT2D eigenvalue weighted by molar-refractivity contribution is 0.116. The first-order chi connectivity index (χ1) is 10.0. The molecular formula is C14H21BrN2O3S.